The van der Waals surface area contributed by atoms with Gasteiger partial charge in [0, 0.05) is 5.39 Å². The first-order valence-corrected chi connectivity index (χ1v) is 8.68. The number of allylic oxidation sites excluding steroid dienone is 1. The number of hydrogen-bond donors (Lipinski definition) is 1. The first kappa shape index (κ1) is 19.0. The minimum absolute atomic E-state index is 0.0219. The van der Waals surface area contributed by atoms with Gasteiger partial charge < -0.3 is 5.11 Å². The van der Waals surface area contributed by atoms with Crippen LogP contribution in [0, 0.1) is 29.1 Å². The molecule has 0 aliphatic heterocycles. The summed E-state index contributed by atoms with van der Waals surface area (Å²) in [4.78, 5) is 16.3. The minimum atomic E-state index is -2.23. The zero-order valence-corrected chi connectivity index (χ0v) is 14.7. The Labute approximate surface area is 161 Å². The summed E-state index contributed by atoms with van der Waals surface area (Å²) < 4.78 is 68.6. The van der Waals surface area contributed by atoms with Crippen LogP contribution in [0.1, 0.15) is 40.0 Å². The van der Waals surface area contributed by atoms with E-state index in [1.165, 1.54) is 0 Å². The lowest BCUT2D eigenvalue weighted by molar-refractivity contribution is 0.0697. The Morgan fingerprint density at radius 2 is 1.55 bits per heavy atom. The molecule has 1 aliphatic carbocycles. The summed E-state index contributed by atoms with van der Waals surface area (Å²) in [5.74, 6) is -11.4. The van der Waals surface area contributed by atoms with Gasteiger partial charge >= 0.3 is 5.97 Å². The van der Waals surface area contributed by atoms with Crippen LogP contribution in [0.2, 0.25) is 0 Å². The number of pyridine rings is 1. The van der Waals surface area contributed by atoms with Crippen molar-refractivity contribution in [3.8, 4) is 0 Å². The fraction of sp³-hybridized carbons (Fsp3) is 0.143. The number of para-hydroxylation sites is 1. The van der Waals surface area contributed by atoms with Crippen molar-refractivity contribution < 1.29 is 31.9 Å². The lowest BCUT2D eigenvalue weighted by Gasteiger charge is -2.21. The van der Waals surface area contributed by atoms with Crippen LogP contribution in [0.4, 0.5) is 22.0 Å². The van der Waals surface area contributed by atoms with Crippen LogP contribution >= 0.6 is 0 Å². The first-order valence-electron chi connectivity index (χ1n) is 8.68. The Morgan fingerprint density at radius 1 is 0.931 bits per heavy atom. The number of rotatable bonds is 2. The number of aromatic nitrogens is 1. The van der Waals surface area contributed by atoms with E-state index in [1.54, 1.807) is 24.3 Å². The Morgan fingerprint density at radius 3 is 2.21 bits per heavy atom. The van der Waals surface area contributed by atoms with Gasteiger partial charge in [-0.2, -0.15) is 0 Å². The van der Waals surface area contributed by atoms with Crippen molar-refractivity contribution in [3.05, 3.63) is 75.7 Å². The zero-order valence-electron chi connectivity index (χ0n) is 14.7. The molecule has 29 heavy (non-hydrogen) atoms. The van der Waals surface area contributed by atoms with Crippen LogP contribution in [0.15, 0.2) is 24.3 Å². The van der Waals surface area contributed by atoms with Crippen molar-refractivity contribution in [3.63, 3.8) is 0 Å². The Kier molecular flexibility index (Phi) is 4.56. The number of nitrogens with zero attached hydrogens (tertiary/aromatic N) is 1. The molecule has 1 heterocycles. The third-order valence-electron chi connectivity index (χ3n) is 4.95. The summed E-state index contributed by atoms with van der Waals surface area (Å²) in [6.45, 7) is 0. The maximum absolute atomic E-state index is 14.1. The molecule has 0 atom stereocenters. The predicted molar refractivity (Wildman–Crippen MR) is 95.7 cm³/mol. The molecule has 1 aliphatic rings. The molecule has 1 N–H and O–H groups in total. The molecule has 0 bridgehead atoms. The number of carboxylic acids is 1. The van der Waals surface area contributed by atoms with E-state index < -0.39 is 40.6 Å². The van der Waals surface area contributed by atoms with Crippen LogP contribution < -0.4 is 0 Å². The zero-order chi connectivity index (χ0) is 20.9. The lowest BCUT2D eigenvalue weighted by atomic mass is 9.86. The van der Waals surface area contributed by atoms with Gasteiger partial charge in [-0.15, -0.1) is 0 Å². The maximum Gasteiger partial charge on any atom is 0.336 e. The largest absolute Gasteiger partial charge is 0.478 e. The van der Waals surface area contributed by atoms with Gasteiger partial charge in [-0.05, 0) is 42.5 Å². The first-order chi connectivity index (χ1) is 13.8. The molecule has 0 unspecified atom stereocenters. The average molecular weight is 405 g/mol. The molecule has 1 aromatic heterocycles. The highest BCUT2D eigenvalue weighted by Crippen LogP contribution is 2.37. The second kappa shape index (κ2) is 6.95. The second-order valence-corrected chi connectivity index (χ2v) is 6.64. The summed E-state index contributed by atoms with van der Waals surface area (Å²) in [5.41, 5.74) is 0.0788. The van der Waals surface area contributed by atoms with Crippen molar-refractivity contribution in [2.75, 3.05) is 0 Å². The van der Waals surface area contributed by atoms with E-state index in [0.717, 1.165) is 6.08 Å². The molecular formula is C21H12F5NO2. The summed E-state index contributed by atoms with van der Waals surface area (Å²) in [7, 11) is 0. The third kappa shape index (κ3) is 2.95. The maximum atomic E-state index is 14.1. The lowest BCUT2D eigenvalue weighted by Crippen LogP contribution is -2.13. The number of carboxylic acid groups (broad SMARTS) is 1. The molecule has 3 aromatic rings. The van der Waals surface area contributed by atoms with E-state index in [4.69, 9.17) is 0 Å². The minimum Gasteiger partial charge on any atom is -0.478 e. The molecule has 0 fully saturated rings. The summed E-state index contributed by atoms with van der Waals surface area (Å²) in [6.07, 6.45) is 1.91. The fourth-order valence-corrected chi connectivity index (χ4v) is 3.64. The van der Waals surface area contributed by atoms with E-state index in [1.807, 2.05) is 0 Å². The summed E-state index contributed by atoms with van der Waals surface area (Å²) in [5, 5.41) is 10.1. The highest BCUT2D eigenvalue weighted by atomic mass is 19.2. The number of benzene rings is 2. The quantitative estimate of drug-likeness (QED) is 0.348. The van der Waals surface area contributed by atoms with E-state index in [2.05, 4.69) is 4.98 Å². The highest BCUT2D eigenvalue weighted by Gasteiger charge is 2.28. The Hall–Kier alpha value is -3.29. The van der Waals surface area contributed by atoms with Crippen LogP contribution in [0.25, 0.3) is 22.6 Å². The average Bonchev–Trinajstić information content (AvgIpc) is 2.72. The molecular weight excluding hydrogens is 393 g/mol. The molecule has 148 valence electrons. The molecule has 4 rings (SSSR count). The molecule has 2 aromatic carbocycles. The van der Waals surface area contributed by atoms with Crippen molar-refractivity contribution >= 4 is 28.5 Å². The van der Waals surface area contributed by atoms with Gasteiger partial charge in [-0.3, -0.25) is 0 Å². The van der Waals surface area contributed by atoms with Gasteiger partial charge in [0.05, 0.1) is 22.3 Å². The monoisotopic (exact) mass is 405 g/mol. The van der Waals surface area contributed by atoms with Gasteiger partial charge in [-0.1, -0.05) is 18.2 Å². The van der Waals surface area contributed by atoms with Crippen LogP contribution in [0.5, 0.6) is 0 Å². The predicted octanol–water partition coefficient (Wildman–Crippen LogP) is 5.51. The number of halogens is 5. The van der Waals surface area contributed by atoms with Crippen molar-refractivity contribution in [1.29, 1.82) is 0 Å². The normalized spacial score (nSPS) is 15.0. The second-order valence-electron chi connectivity index (χ2n) is 6.64. The van der Waals surface area contributed by atoms with Crippen molar-refractivity contribution in [2.45, 2.75) is 19.3 Å². The fourth-order valence-electron chi connectivity index (χ4n) is 3.64. The third-order valence-corrected chi connectivity index (χ3v) is 4.95. The molecule has 0 amide bonds. The smallest absolute Gasteiger partial charge is 0.336 e. The van der Waals surface area contributed by atoms with E-state index in [-0.39, 0.29) is 23.3 Å². The van der Waals surface area contributed by atoms with Crippen molar-refractivity contribution in [1.82, 2.24) is 4.98 Å². The van der Waals surface area contributed by atoms with Crippen LogP contribution in [-0.2, 0) is 6.42 Å². The molecule has 0 radical (unpaired) electrons. The SMILES string of the molecule is O=C(O)c1c2c(nc3ccccc13)C(=Cc1c(F)c(F)c(F)c(F)c1F)CCC2. The number of hydrogen-bond acceptors (Lipinski definition) is 2. The standard InChI is InChI=1S/C21H12F5NO2/c22-15-12(16(23)18(25)19(26)17(15)24)8-9-4-3-6-11-14(21(28)29)10-5-1-2-7-13(10)27-20(9)11/h1-2,5,7-8H,3-4,6H2,(H,28,29). The van der Waals surface area contributed by atoms with Crippen molar-refractivity contribution in [2.24, 2.45) is 0 Å². The number of aromatic carboxylic acids is 1. The van der Waals surface area contributed by atoms with E-state index in [0.29, 0.717) is 29.3 Å². The summed E-state index contributed by atoms with van der Waals surface area (Å²) >= 11 is 0. The van der Waals surface area contributed by atoms with Gasteiger partial charge in [0.2, 0.25) is 5.82 Å². The van der Waals surface area contributed by atoms with Gasteiger partial charge in [0.15, 0.2) is 23.3 Å². The Balaban J connectivity index is 2.01. The molecule has 3 nitrogen and oxygen atoms in total. The molecule has 0 saturated carbocycles. The topological polar surface area (TPSA) is 50.2 Å². The highest BCUT2D eigenvalue weighted by molar-refractivity contribution is 6.05. The van der Waals surface area contributed by atoms with E-state index >= 15 is 0 Å². The summed E-state index contributed by atoms with van der Waals surface area (Å²) in [6, 6.07) is 6.52. The van der Waals surface area contributed by atoms with Gasteiger partial charge in [-0.25, -0.2) is 31.7 Å². The van der Waals surface area contributed by atoms with Crippen LogP contribution in [-0.4, -0.2) is 16.1 Å². The van der Waals surface area contributed by atoms with Crippen LogP contribution in [0.3, 0.4) is 0 Å². The molecule has 0 spiro atoms. The number of fused-ring (bicyclic) bond motifs is 2. The van der Waals surface area contributed by atoms with E-state index in [9.17, 15) is 31.9 Å². The molecule has 0 saturated heterocycles. The van der Waals surface area contributed by atoms with Gasteiger partial charge in [0.1, 0.15) is 0 Å². The van der Waals surface area contributed by atoms with Gasteiger partial charge in [0.25, 0.3) is 0 Å². The number of carbonyl (C=O) groups is 1. The Bertz CT molecular complexity index is 1190. The molecule has 8 heteroatoms.